The number of aromatic nitrogens is 1. The number of carbonyl (C=O) groups excluding carboxylic acids is 1. The second-order valence-corrected chi connectivity index (χ2v) is 10.3. The van der Waals surface area contributed by atoms with Crippen LogP contribution in [-0.2, 0) is 4.79 Å². The fourth-order valence-corrected chi connectivity index (χ4v) is 6.15. The number of benzene rings is 2. The van der Waals surface area contributed by atoms with Gasteiger partial charge in [-0.25, -0.2) is 4.98 Å². The molecule has 32 heavy (non-hydrogen) atoms. The molecule has 168 valence electrons. The summed E-state index contributed by atoms with van der Waals surface area (Å²) >= 11 is 7.90. The number of fused-ring (bicyclic) bond motifs is 1. The number of piperazine rings is 1. The lowest BCUT2D eigenvalue weighted by Gasteiger charge is -2.40. The number of rotatable bonds is 4. The summed E-state index contributed by atoms with van der Waals surface area (Å²) < 4.78 is 1.20. The van der Waals surface area contributed by atoms with Crippen LogP contribution >= 0.6 is 22.9 Å². The molecule has 0 saturated carbocycles. The third kappa shape index (κ3) is 4.49. The van der Waals surface area contributed by atoms with Crippen LogP contribution in [-0.4, -0.2) is 66.0 Å². The van der Waals surface area contributed by atoms with E-state index >= 15 is 0 Å². The van der Waals surface area contributed by atoms with E-state index in [2.05, 4.69) is 47.1 Å². The normalized spacial score (nSPS) is 19.4. The smallest absolute Gasteiger partial charge is 0.239 e. The van der Waals surface area contributed by atoms with Gasteiger partial charge in [-0.05, 0) is 63.2 Å². The standard InChI is InChI=1S/C25H29ClN4OS/c1-18(25(31)30-15-13-29(14-16-30)21-5-3-2-4-6-21)28-11-9-19(10-12-28)24-27-22-17-20(26)7-8-23(22)32-24/h2-8,17-19H,9-16H2,1H3. The van der Waals surface area contributed by atoms with Gasteiger partial charge in [-0.1, -0.05) is 29.8 Å². The van der Waals surface area contributed by atoms with E-state index in [1.807, 2.05) is 23.1 Å². The topological polar surface area (TPSA) is 39.7 Å². The Morgan fingerprint density at radius 1 is 1.03 bits per heavy atom. The molecule has 3 heterocycles. The van der Waals surface area contributed by atoms with Crippen molar-refractivity contribution in [2.24, 2.45) is 0 Å². The molecule has 1 aromatic heterocycles. The number of nitrogens with zero attached hydrogens (tertiary/aromatic N) is 4. The first kappa shape index (κ1) is 21.7. The van der Waals surface area contributed by atoms with Crippen LogP contribution in [0.1, 0.15) is 30.7 Å². The molecule has 2 aliphatic heterocycles. The van der Waals surface area contributed by atoms with Gasteiger partial charge in [0.05, 0.1) is 21.3 Å². The largest absolute Gasteiger partial charge is 0.368 e. The van der Waals surface area contributed by atoms with E-state index in [1.54, 1.807) is 11.3 Å². The van der Waals surface area contributed by atoms with Crippen molar-refractivity contribution in [3.05, 3.63) is 58.6 Å². The number of likely N-dealkylation sites (tertiary alicyclic amines) is 1. The van der Waals surface area contributed by atoms with Crippen molar-refractivity contribution >= 4 is 44.7 Å². The number of halogens is 1. The highest BCUT2D eigenvalue weighted by Gasteiger charge is 2.32. The highest BCUT2D eigenvalue weighted by Crippen LogP contribution is 2.35. The van der Waals surface area contributed by atoms with Gasteiger partial charge in [-0.2, -0.15) is 0 Å². The third-order valence-corrected chi connectivity index (χ3v) is 8.30. The molecule has 0 aliphatic carbocycles. The third-order valence-electron chi connectivity index (χ3n) is 6.86. The van der Waals surface area contributed by atoms with Crippen molar-refractivity contribution in [2.75, 3.05) is 44.2 Å². The van der Waals surface area contributed by atoms with Crippen molar-refractivity contribution in [3.63, 3.8) is 0 Å². The molecule has 2 saturated heterocycles. The molecule has 1 unspecified atom stereocenters. The molecule has 0 bridgehead atoms. The summed E-state index contributed by atoms with van der Waals surface area (Å²) in [6, 6.07) is 16.4. The first-order valence-corrected chi connectivity index (χ1v) is 12.7. The van der Waals surface area contributed by atoms with E-state index in [0.717, 1.165) is 62.6 Å². The van der Waals surface area contributed by atoms with Gasteiger partial charge in [0.15, 0.2) is 0 Å². The molecule has 1 amide bonds. The summed E-state index contributed by atoms with van der Waals surface area (Å²) in [5.41, 5.74) is 2.24. The van der Waals surface area contributed by atoms with Gasteiger partial charge in [0, 0.05) is 42.8 Å². The van der Waals surface area contributed by atoms with Crippen molar-refractivity contribution in [1.82, 2.24) is 14.8 Å². The molecule has 5 rings (SSSR count). The molecule has 2 aliphatic rings. The average molecular weight is 469 g/mol. The molecule has 0 spiro atoms. The number of para-hydroxylation sites is 1. The predicted octanol–water partition coefficient (Wildman–Crippen LogP) is 4.87. The maximum Gasteiger partial charge on any atom is 0.239 e. The first-order valence-electron chi connectivity index (χ1n) is 11.5. The summed E-state index contributed by atoms with van der Waals surface area (Å²) in [6.07, 6.45) is 2.10. The highest BCUT2D eigenvalue weighted by molar-refractivity contribution is 7.18. The van der Waals surface area contributed by atoms with Gasteiger partial charge in [-0.15, -0.1) is 11.3 Å². The zero-order valence-corrected chi connectivity index (χ0v) is 20.0. The first-order chi connectivity index (χ1) is 15.6. The zero-order chi connectivity index (χ0) is 22.1. The van der Waals surface area contributed by atoms with Crippen molar-refractivity contribution in [2.45, 2.75) is 31.7 Å². The van der Waals surface area contributed by atoms with Crippen LogP contribution in [0.4, 0.5) is 5.69 Å². The van der Waals surface area contributed by atoms with E-state index in [9.17, 15) is 4.79 Å². The SMILES string of the molecule is CC(C(=O)N1CCN(c2ccccc2)CC1)N1CCC(c2nc3cc(Cl)ccc3s2)CC1. The van der Waals surface area contributed by atoms with Gasteiger partial charge in [-0.3, -0.25) is 9.69 Å². The van der Waals surface area contributed by atoms with Gasteiger partial charge < -0.3 is 9.80 Å². The van der Waals surface area contributed by atoms with Gasteiger partial charge in [0.25, 0.3) is 0 Å². The number of anilines is 1. The van der Waals surface area contributed by atoms with Crippen LogP contribution in [0.3, 0.4) is 0 Å². The fraction of sp³-hybridized carbons (Fsp3) is 0.440. The maximum atomic E-state index is 13.2. The van der Waals surface area contributed by atoms with Crippen LogP contribution in [0.25, 0.3) is 10.2 Å². The maximum absolute atomic E-state index is 13.2. The summed E-state index contributed by atoms with van der Waals surface area (Å²) in [7, 11) is 0. The van der Waals surface area contributed by atoms with E-state index in [1.165, 1.54) is 15.4 Å². The summed E-state index contributed by atoms with van der Waals surface area (Å²) in [6.45, 7) is 7.34. The Balaban J connectivity index is 1.14. The van der Waals surface area contributed by atoms with Gasteiger partial charge in [0.1, 0.15) is 0 Å². The van der Waals surface area contributed by atoms with Crippen LogP contribution in [0.2, 0.25) is 5.02 Å². The van der Waals surface area contributed by atoms with E-state index in [0.29, 0.717) is 5.92 Å². The highest BCUT2D eigenvalue weighted by atomic mass is 35.5. The number of hydrogen-bond acceptors (Lipinski definition) is 5. The lowest BCUT2D eigenvalue weighted by molar-refractivity contribution is -0.137. The molecule has 1 atom stereocenters. The van der Waals surface area contributed by atoms with E-state index < -0.39 is 0 Å². The quantitative estimate of drug-likeness (QED) is 0.547. The van der Waals surface area contributed by atoms with Crippen LogP contribution in [0.15, 0.2) is 48.5 Å². The Morgan fingerprint density at radius 3 is 2.47 bits per heavy atom. The monoisotopic (exact) mass is 468 g/mol. The molecular weight excluding hydrogens is 440 g/mol. The van der Waals surface area contributed by atoms with Crippen molar-refractivity contribution < 1.29 is 4.79 Å². The molecule has 5 nitrogen and oxygen atoms in total. The second kappa shape index (κ2) is 9.38. The fourth-order valence-electron chi connectivity index (χ4n) is 4.87. The van der Waals surface area contributed by atoms with Crippen molar-refractivity contribution in [1.29, 1.82) is 0 Å². The Kier molecular flexibility index (Phi) is 6.35. The molecule has 3 aromatic rings. The molecule has 0 N–H and O–H groups in total. The Bertz CT molecular complexity index is 1070. The molecular formula is C25H29ClN4OS. The molecule has 2 fully saturated rings. The number of hydrogen-bond donors (Lipinski definition) is 0. The minimum Gasteiger partial charge on any atom is -0.368 e. The number of carbonyl (C=O) groups is 1. The zero-order valence-electron chi connectivity index (χ0n) is 18.4. The number of thiazole rings is 1. The second-order valence-electron chi connectivity index (χ2n) is 8.80. The Hall–Kier alpha value is -2.15. The molecule has 7 heteroatoms. The van der Waals surface area contributed by atoms with E-state index in [-0.39, 0.29) is 11.9 Å². The lowest BCUT2D eigenvalue weighted by Crippen LogP contribution is -2.55. The number of amides is 1. The summed E-state index contributed by atoms with van der Waals surface area (Å²) in [5.74, 6) is 0.741. The number of piperidine rings is 1. The predicted molar refractivity (Wildman–Crippen MR) is 133 cm³/mol. The van der Waals surface area contributed by atoms with Crippen molar-refractivity contribution in [3.8, 4) is 0 Å². The van der Waals surface area contributed by atoms with Crippen LogP contribution < -0.4 is 4.90 Å². The van der Waals surface area contributed by atoms with E-state index in [4.69, 9.17) is 16.6 Å². The minimum absolute atomic E-state index is 0.0617. The summed E-state index contributed by atoms with van der Waals surface area (Å²) in [4.78, 5) is 24.8. The van der Waals surface area contributed by atoms with Gasteiger partial charge in [0.2, 0.25) is 5.91 Å². The van der Waals surface area contributed by atoms with Crippen LogP contribution in [0, 0.1) is 0 Å². The lowest BCUT2D eigenvalue weighted by atomic mass is 9.96. The minimum atomic E-state index is -0.0617. The van der Waals surface area contributed by atoms with Crippen LogP contribution in [0.5, 0.6) is 0 Å². The Labute approximate surface area is 198 Å². The average Bonchev–Trinajstić information content (AvgIpc) is 3.27. The Morgan fingerprint density at radius 2 is 1.75 bits per heavy atom. The molecule has 2 aromatic carbocycles. The summed E-state index contributed by atoms with van der Waals surface area (Å²) in [5, 5.41) is 1.94. The van der Waals surface area contributed by atoms with Gasteiger partial charge >= 0.3 is 0 Å². The molecule has 0 radical (unpaired) electrons.